The highest BCUT2D eigenvalue weighted by atomic mass is 19.4. The van der Waals surface area contributed by atoms with E-state index in [-0.39, 0.29) is 6.61 Å². The standard InChI is InChI=1S/C11H13F3N2O/c12-11(13,14)8-2-3-9(15-6-8)16-10(7-17)4-1-5-10/h2-3,6,17H,1,4-5,7H2,(H,15,16). The van der Waals surface area contributed by atoms with E-state index >= 15 is 0 Å². The molecule has 1 heterocycles. The zero-order chi connectivity index (χ0) is 12.5. The first-order chi connectivity index (χ1) is 7.95. The van der Waals surface area contributed by atoms with Crippen molar-refractivity contribution in [2.75, 3.05) is 11.9 Å². The lowest BCUT2D eigenvalue weighted by molar-refractivity contribution is -0.137. The van der Waals surface area contributed by atoms with Crippen LogP contribution in [-0.4, -0.2) is 22.2 Å². The minimum absolute atomic E-state index is 0.0320. The van der Waals surface area contributed by atoms with Crippen LogP contribution in [0, 0.1) is 0 Å². The highest BCUT2D eigenvalue weighted by Crippen LogP contribution is 2.35. The maximum atomic E-state index is 12.3. The molecule has 0 aliphatic heterocycles. The summed E-state index contributed by atoms with van der Waals surface area (Å²) in [6, 6.07) is 2.28. The summed E-state index contributed by atoms with van der Waals surface area (Å²) in [5, 5.41) is 12.2. The van der Waals surface area contributed by atoms with Gasteiger partial charge in [-0.2, -0.15) is 13.2 Å². The first kappa shape index (κ1) is 12.2. The molecular weight excluding hydrogens is 233 g/mol. The number of pyridine rings is 1. The molecule has 2 rings (SSSR count). The molecule has 0 bridgehead atoms. The number of aliphatic hydroxyl groups is 1. The van der Waals surface area contributed by atoms with Crippen LogP contribution in [0.4, 0.5) is 19.0 Å². The van der Waals surface area contributed by atoms with E-state index in [9.17, 15) is 18.3 Å². The molecule has 0 atom stereocenters. The van der Waals surface area contributed by atoms with E-state index < -0.39 is 17.3 Å². The predicted octanol–water partition coefficient (Wildman–Crippen LogP) is 2.43. The van der Waals surface area contributed by atoms with Gasteiger partial charge in [0, 0.05) is 6.20 Å². The zero-order valence-corrected chi connectivity index (χ0v) is 9.09. The van der Waals surface area contributed by atoms with Gasteiger partial charge in [-0.1, -0.05) is 0 Å². The predicted molar refractivity (Wildman–Crippen MR) is 56.5 cm³/mol. The van der Waals surface area contributed by atoms with Gasteiger partial charge in [-0.05, 0) is 31.4 Å². The molecule has 94 valence electrons. The van der Waals surface area contributed by atoms with Gasteiger partial charge in [-0.15, -0.1) is 0 Å². The second-order valence-corrected chi connectivity index (χ2v) is 4.35. The van der Waals surface area contributed by atoms with Gasteiger partial charge in [0.1, 0.15) is 5.82 Å². The smallest absolute Gasteiger partial charge is 0.394 e. The number of aromatic nitrogens is 1. The van der Waals surface area contributed by atoms with Gasteiger partial charge in [0.15, 0.2) is 0 Å². The van der Waals surface area contributed by atoms with Crippen LogP contribution in [-0.2, 0) is 6.18 Å². The van der Waals surface area contributed by atoms with E-state index in [1.807, 2.05) is 0 Å². The zero-order valence-electron chi connectivity index (χ0n) is 9.09. The molecule has 0 spiro atoms. The average Bonchev–Trinajstić information content (AvgIpc) is 2.23. The Balaban J connectivity index is 2.08. The van der Waals surface area contributed by atoms with Crippen LogP contribution in [0.25, 0.3) is 0 Å². The van der Waals surface area contributed by atoms with Crippen molar-refractivity contribution in [3.05, 3.63) is 23.9 Å². The molecule has 3 nitrogen and oxygen atoms in total. The van der Waals surface area contributed by atoms with E-state index in [4.69, 9.17) is 0 Å². The lowest BCUT2D eigenvalue weighted by Crippen LogP contribution is -2.48. The largest absolute Gasteiger partial charge is 0.417 e. The van der Waals surface area contributed by atoms with Gasteiger partial charge in [-0.25, -0.2) is 4.98 Å². The van der Waals surface area contributed by atoms with Crippen LogP contribution in [0.2, 0.25) is 0 Å². The van der Waals surface area contributed by atoms with Crippen molar-refractivity contribution in [1.29, 1.82) is 0 Å². The Morgan fingerprint density at radius 1 is 1.35 bits per heavy atom. The Bertz CT molecular complexity index is 379. The van der Waals surface area contributed by atoms with Crippen LogP contribution in [0.1, 0.15) is 24.8 Å². The molecule has 0 unspecified atom stereocenters. The Morgan fingerprint density at radius 2 is 2.06 bits per heavy atom. The molecule has 1 aromatic heterocycles. The number of nitrogens with zero attached hydrogens (tertiary/aromatic N) is 1. The second kappa shape index (κ2) is 4.18. The van der Waals surface area contributed by atoms with Gasteiger partial charge in [0.2, 0.25) is 0 Å². The van der Waals surface area contributed by atoms with Crippen molar-refractivity contribution in [2.45, 2.75) is 31.0 Å². The highest BCUT2D eigenvalue weighted by Gasteiger charge is 2.37. The number of hydrogen-bond donors (Lipinski definition) is 2. The normalized spacial score (nSPS) is 18.6. The molecule has 6 heteroatoms. The number of aliphatic hydroxyl groups excluding tert-OH is 1. The van der Waals surface area contributed by atoms with Crippen LogP contribution in [0.15, 0.2) is 18.3 Å². The quantitative estimate of drug-likeness (QED) is 0.861. The molecule has 0 saturated heterocycles. The molecule has 1 aromatic rings. The second-order valence-electron chi connectivity index (χ2n) is 4.35. The molecule has 2 N–H and O–H groups in total. The van der Waals surface area contributed by atoms with Crippen molar-refractivity contribution in [3.8, 4) is 0 Å². The maximum absolute atomic E-state index is 12.3. The van der Waals surface area contributed by atoms with E-state index in [1.54, 1.807) is 0 Å². The fraction of sp³-hybridized carbons (Fsp3) is 0.545. The topological polar surface area (TPSA) is 45.1 Å². The summed E-state index contributed by atoms with van der Waals surface area (Å²) in [5.74, 6) is 0.367. The summed E-state index contributed by atoms with van der Waals surface area (Å²) in [6.45, 7) is -0.0320. The van der Waals surface area contributed by atoms with Crippen LogP contribution in [0.3, 0.4) is 0 Å². The summed E-state index contributed by atoms with van der Waals surface area (Å²) in [6.07, 6.45) is -0.935. The van der Waals surface area contributed by atoms with Crippen molar-refractivity contribution in [3.63, 3.8) is 0 Å². The summed E-state index contributed by atoms with van der Waals surface area (Å²) in [7, 11) is 0. The molecule has 0 radical (unpaired) electrons. The number of alkyl halides is 3. The lowest BCUT2D eigenvalue weighted by atomic mass is 9.77. The summed E-state index contributed by atoms with van der Waals surface area (Å²) < 4.78 is 36.9. The first-order valence-electron chi connectivity index (χ1n) is 5.37. The summed E-state index contributed by atoms with van der Waals surface area (Å²) in [5.41, 5.74) is -1.16. The summed E-state index contributed by atoms with van der Waals surface area (Å²) in [4.78, 5) is 3.72. The lowest BCUT2D eigenvalue weighted by Gasteiger charge is -2.41. The van der Waals surface area contributed by atoms with Gasteiger partial charge in [0.05, 0.1) is 17.7 Å². The molecule has 0 aromatic carbocycles. The van der Waals surface area contributed by atoms with E-state index in [0.29, 0.717) is 5.82 Å². The molecular formula is C11H13F3N2O. The van der Waals surface area contributed by atoms with Gasteiger partial charge >= 0.3 is 6.18 Å². The molecule has 0 amide bonds. The molecule has 1 fully saturated rings. The van der Waals surface area contributed by atoms with Crippen molar-refractivity contribution in [1.82, 2.24) is 4.98 Å². The third kappa shape index (κ3) is 2.52. The Labute approximate surface area is 96.7 Å². The molecule has 1 saturated carbocycles. The number of hydrogen-bond acceptors (Lipinski definition) is 3. The Kier molecular flexibility index (Phi) is 2.99. The number of halogens is 3. The molecule has 17 heavy (non-hydrogen) atoms. The van der Waals surface area contributed by atoms with E-state index in [1.165, 1.54) is 6.07 Å². The van der Waals surface area contributed by atoms with Crippen LogP contribution >= 0.6 is 0 Å². The Hall–Kier alpha value is -1.30. The number of rotatable bonds is 3. The third-order valence-electron chi connectivity index (χ3n) is 3.10. The average molecular weight is 246 g/mol. The van der Waals surface area contributed by atoms with Gasteiger partial charge < -0.3 is 10.4 Å². The van der Waals surface area contributed by atoms with Crippen LogP contribution in [0.5, 0.6) is 0 Å². The van der Waals surface area contributed by atoms with E-state index in [0.717, 1.165) is 31.5 Å². The van der Waals surface area contributed by atoms with Crippen LogP contribution < -0.4 is 5.32 Å². The van der Waals surface area contributed by atoms with Gasteiger partial charge in [0.25, 0.3) is 0 Å². The first-order valence-corrected chi connectivity index (χ1v) is 5.37. The van der Waals surface area contributed by atoms with Crippen molar-refractivity contribution in [2.24, 2.45) is 0 Å². The minimum Gasteiger partial charge on any atom is -0.394 e. The van der Waals surface area contributed by atoms with Gasteiger partial charge in [-0.3, -0.25) is 0 Å². The SMILES string of the molecule is OCC1(Nc2ccc(C(F)(F)F)cn2)CCC1. The fourth-order valence-electron chi connectivity index (χ4n) is 1.83. The fourth-order valence-corrected chi connectivity index (χ4v) is 1.83. The maximum Gasteiger partial charge on any atom is 0.417 e. The minimum atomic E-state index is -4.36. The number of anilines is 1. The van der Waals surface area contributed by atoms with E-state index in [2.05, 4.69) is 10.3 Å². The molecule has 1 aliphatic rings. The summed E-state index contributed by atoms with van der Waals surface area (Å²) >= 11 is 0. The highest BCUT2D eigenvalue weighted by molar-refractivity contribution is 5.40. The van der Waals surface area contributed by atoms with Crippen molar-refractivity contribution >= 4 is 5.82 Å². The monoisotopic (exact) mass is 246 g/mol. The Morgan fingerprint density at radius 3 is 2.41 bits per heavy atom. The molecule has 1 aliphatic carbocycles. The van der Waals surface area contributed by atoms with Crippen molar-refractivity contribution < 1.29 is 18.3 Å². The number of nitrogens with one attached hydrogen (secondary N) is 1. The third-order valence-corrected chi connectivity index (χ3v) is 3.10.